The fraction of sp³-hybridized carbons (Fsp3) is 0.500. The van der Waals surface area contributed by atoms with Crippen molar-refractivity contribution in [2.75, 3.05) is 7.11 Å². The lowest BCUT2D eigenvalue weighted by atomic mass is 10.4. The van der Waals surface area contributed by atoms with Gasteiger partial charge in [0.25, 0.3) is 0 Å². The average molecular weight is 128 g/mol. The van der Waals surface area contributed by atoms with Crippen LogP contribution in [0.25, 0.3) is 0 Å². The molecule has 0 spiro atoms. The summed E-state index contributed by atoms with van der Waals surface area (Å²) in [7, 11) is 1.47. The number of aliphatic carboxylic acids is 1. The quantitative estimate of drug-likeness (QED) is 0.510. The molecular formula is C6H8O3. The number of rotatable bonds is 1. The van der Waals surface area contributed by atoms with Crippen LogP contribution in [0.3, 0.4) is 0 Å². The Balaban J connectivity index is 3.72. The van der Waals surface area contributed by atoms with Crippen LogP contribution >= 0.6 is 0 Å². The van der Waals surface area contributed by atoms with Crippen molar-refractivity contribution in [2.45, 2.75) is 13.0 Å². The highest BCUT2D eigenvalue weighted by Gasteiger charge is 1.90. The number of ether oxygens (including phenoxy) is 1. The maximum Gasteiger partial charge on any atom is 0.381 e. The highest BCUT2D eigenvalue weighted by Crippen LogP contribution is 1.81. The van der Waals surface area contributed by atoms with E-state index in [-0.39, 0.29) is 6.10 Å². The molecule has 0 amide bonds. The number of carboxylic acid groups (broad SMARTS) is 1. The lowest BCUT2D eigenvalue weighted by Gasteiger charge is -1.95. The van der Waals surface area contributed by atoms with Gasteiger partial charge in [-0.1, -0.05) is 5.92 Å². The van der Waals surface area contributed by atoms with Crippen molar-refractivity contribution in [1.82, 2.24) is 0 Å². The first kappa shape index (κ1) is 7.99. The molecule has 0 radical (unpaired) electrons. The van der Waals surface area contributed by atoms with Gasteiger partial charge in [-0.05, 0) is 6.92 Å². The van der Waals surface area contributed by atoms with Crippen LogP contribution in [0, 0.1) is 11.8 Å². The Hall–Kier alpha value is -1.01. The molecule has 9 heavy (non-hydrogen) atoms. The molecule has 3 nitrogen and oxygen atoms in total. The molecule has 0 aromatic heterocycles. The molecule has 0 saturated carbocycles. The van der Waals surface area contributed by atoms with E-state index in [9.17, 15) is 4.79 Å². The summed E-state index contributed by atoms with van der Waals surface area (Å²) in [5, 5.41) is 8.03. The van der Waals surface area contributed by atoms with E-state index in [1.165, 1.54) is 7.11 Å². The van der Waals surface area contributed by atoms with Crippen molar-refractivity contribution < 1.29 is 14.6 Å². The number of carboxylic acids is 1. The van der Waals surface area contributed by atoms with Gasteiger partial charge in [0.1, 0.15) is 6.10 Å². The van der Waals surface area contributed by atoms with Crippen LogP contribution in [0.2, 0.25) is 0 Å². The van der Waals surface area contributed by atoms with Gasteiger partial charge in [0.05, 0.1) is 0 Å². The van der Waals surface area contributed by atoms with Crippen LogP contribution in [0.4, 0.5) is 0 Å². The van der Waals surface area contributed by atoms with Gasteiger partial charge >= 0.3 is 5.97 Å². The van der Waals surface area contributed by atoms with Gasteiger partial charge in [0.15, 0.2) is 0 Å². The summed E-state index contributed by atoms with van der Waals surface area (Å²) in [6, 6.07) is 0. The Labute approximate surface area is 53.6 Å². The van der Waals surface area contributed by atoms with Crippen molar-refractivity contribution in [3.63, 3.8) is 0 Å². The van der Waals surface area contributed by atoms with Gasteiger partial charge in [0, 0.05) is 13.0 Å². The zero-order chi connectivity index (χ0) is 7.28. The van der Waals surface area contributed by atoms with Gasteiger partial charge in [-0.3, -0.25) is 0 Å². The Morgan fingerprint density at radius 1 is 1.78 bits per heavy atom. The first-order chi connectivity index (χ1) is 4.16. The molecule has 0 unspecified atom stereocenters. The second-order valence-corrected chi connectivity index (χ2v) is 1.45. The molecule has 0 aliphatic carbocycles. The first-order valence-corrected chi connectivity index (χ1v) is 2.44. The second kappa shape index (κ2) is 3.93. The number of hydrogen-bond acceptors (Lipinski definition) is 2. The van der Waals surface area contributed by atoms with Gasteiger partial charge in [0.2, 0.25) is 0 Å². The highest BCUT2D eigenvalue weighted by molar-refractivity contribution is 5.86. The number of hydrogen-bond donors (Lipinski definition) is 1. The third-order valence-electron chi connectivity index (χ3n) is 0.736. The Bertz CT molecular complexity index is 151. The first-order valence-electron chi connectivity index (χ1n) is 2.44. The second-order valence-electron chi connectivity index (χ2n) is 1.45. The summed E-state index contributed by atoms with van der Waals surface area (Å²) in [5.74, 6) is 3.17. The van der Waals surface area contributed by atoms with Crippen molar-refractivity contribution in [1.29, 1.82) is 0 Å². The van der Waals surface area contributed by atoms with E-state index in [1.54, 1.807) is 6.92 Å². The Morgan fingerprint density at radius 2 is 2.33 bits per heavy atom. The van der Waals surface area contributed by atoms with E-state index in [0.29, 0.717) is 0 Å². The minimum absolute atomic E-state index is 0.305. The summed E-state index contributed by atoms with van der Waals surface area (Å²) in [5.41, 5.74) is 0. The van der Waals surface area contributed by atoms with Crippen LogP contribution in [-0.4, -0.2) is 24.3 Å². The third-order valence-corrected chi connectivity index (χ3v) is 0.736. The molecule has 0 aliphatic heterocycles. The molecule has 0 aromatic carbocycles. The lowest BCUT2D eigenvalue weighted by Crippen LogP contribution is -2.01. The molecule has 0 aromatic rings. The fourth-order valence-corrected chi connectivity index (χ4v) is 0.222. The van der Waals surface area contributed by atoms with E-state index >= 15 is 0 Å². The van der Waals surface area contributed by atoms with E-state index in [2.05, 4.69) is 10.7 Å². The van der Waals surface area contributed by atoms with E-state index in [0.717, 1.165) is 0 Å². The summed E-state index contributed by atoms with van der Waals surface area (Å²) >= 11 is 0. The molecule has 1 atom stereocenters. The fourth-order valence-electron chi connectivity index (χ4n) is 0.222. The molecule has 1 N–H and O–H groups in total. The van der Waals surface area contributed by atoms with Crippen molar-refractivity contribution in [3.05, 3.63) is 0 Å². The monoisotopic (exact) mass is 128 g/mol. The summed E-state index contributed by atoms with van der Waals surface area (Å²) in [6.45, 7) is 1.68. The zero-order valence-electron chi connectivity index (χ0n) is 5.34. The van der Waals surface area contributed by atoms with E-state index in [4.69, 9.17) is 5.11 Å². The molecule has 0 aliphatic rings. The Kier molecular flexibility index (Phi) is 3.49. The Morgan fingerprint density at radius 3 is 2.67 bits per heavy atom. The van der Waals surface area contributed by atoms with Crippen molar-refractivity contribution >= 4 is 5.97 Å². The summed E-state index contributed by atoms with van der Waals surface area (Å²) in [6.07, 6.45) is -0.305. The van der Waals surface area contributed by atoms with Crippen molar-refractivity contribution in [2.24, 2.45) is 0 Å². The SMILES string of the molecule is CO[C@@H](C)C#CC(=O)O. The van der Waals surface area contributed by atoms with Crippen LogP contribution < -0.4 is 0 Å². The zero-order valence-corrected chi connectivity index (χ0v) is 5.34. The molecular weight excluding hydrogens is 120 g/mol. The smallest absolute Gasteiger partial charge is 0.381 e. The highest BCUT2D eigenvalue weighted by atomic mass is 16.5. The minimum Gasteiger partial charge on any atom is -0.472 e. The predicted molar refractivity (Wildman–Crippen MR) is 31.9 cm³/mol. The lowest BCUT2D eigenvalue weighted by molar-refractivity contribution is -0.130. The van der Waals surface area contributed by atoms with Crippen LogP contribution in [0.1, 0.15) is 6.92 Å². The maximum atomic E-state index is 9.79. The average Bonchev–Trinajstić information content (AvgIpc) is 1.83. The number of carbonyl (C=O) groups is 1. The molecule has 0 fully saturated rings. The third kappa shape index (κ3) is 4.85. The molecule has 3 heteroatoms. The van der Waals surface area contributed by atoms with Crippen LogP contribution in [0.15, 0.2) is 0 Å². The van der Waals surface area contributed by atoms with E-state index < -0.39 is 5.97 Å². The normalized spacial score (nSPS) is 11.3. The molecule has 0 saturated heterocycles. The van der Waals surface area contributed by atoms with Crippen molar-refractivity contribution in [3.8, 4) is 11.8 Å². The molecule has 0 rings (SSSR count). The van der Waals surface area contributed by atoms with Crippen LogP contribution in [-0.2, 0) is 9.53 Å². The maximum absolute atomic E-state index is 9.79. The van der Waals surface area contributed by atoms with Gasteiger partial charge in [-0.25, -0.2) is 4.79 Å². The topological polar surface area (TPSA) is 46.5 Å². The standard InChI is InChI=1S/C6H8O3/c1-5(9-2)3-4-6(7)8/h5H,1-2H3,(H,7,8)/t5-/m0/s1. The predicted octanol–water partition coefficient (Wildman–Crippen LogP) is 0.109. The minimum atomic E-state index is -1.13. The molecule has 0 bridgehead atoms. The summed E-state index contributed by atoms with van der Waals surface area (Å²) in [4.78, 5) is 9.79. The van der Waals surface area contributed by atoms with Gasteiger partial charge in [-0.15, -0.1) is 0 Å². The molecule has 50 valence electrons. The summed E-state index contributed by atoms with van der Waals surface area (Å²) < 4.78 is 4.66. The molecule has 0 heterocycles. The largest absolute Gasteiger partial charge is 0.472 e. The van der Waals surface area contributed by atoms with Crippen LogP contribution in [0.5, 0.6) is 0 Å². The van der Waals surface area contributed by atoms with Gasteiger partial charge < -0.3 is 9.84 Å². The van der Waals surface area contributed by atoms with Gasteiger partial charge in [-0.2, -0.15) is 0 Å². The number of methoxy groups -OCH3 is 1. The van der Waals surface area contributed by atoms with E-state index in [1.807, 2.05) is 5.92 Å².